The number of anilines is 1. The van der Waals surface area contributed by atoms with Crippen LogP contribution in [0.2, 0.25) is 0 Å². The van der Waals surface area contributed by atoms with E-state index in [1.165, 1.54) is 29.2 Å². The lowest BCUT2D eigenvalue weighted by molar-refractivity contribution is -0.132. The maximum atomic E-state index is 13.6. The van der Waals surface area contributed by atoms with E-state index >= 15 is 0 Å². The number of halogens is 1. The van der Waals surface area contributed by atoms with Crippen LogP contribution in [-0.2, 0) is 16.2 Å². The zero-order valence-electron chi connectivity index (χ0n) is 21.1. The Labute approximate surface area is 228 Å². The van der Waals surface area contributed by atoms with Gasteiger partial charge in [0, 0.05) is 5.56 Å². The number of aliphatic hydroxyl groups excluding tert-OH is 1. The molecule has 0 bridgehead atoms. The summed E-state index contributed by atoms with van der Waals surface area (Å²) in [6.07, 6.45) is 0. The molecule has 0 aliphatic carbocycles. The number of aryl methyl sites for hydroxylation is 1. The minimum Gasteiger partial charge on any atom is -0.507 e. The van der Waals surface area contributed by atoms with Gasteiger partial charge in [0.05, 0.1) is 18.2 Å². The van der Waals surface area contributed by atoms with Gasteiger partial charge in [-0.2, -0.15) is 0 Å². The number of hydrogen-bond donors (Lipinski definition) is 1. The smallest absolute Gasteiger partial charge is 0.301 e. The van der Waals surface area contributed by atoms with E-state index in [0.717, 1.165) is 16.9 Å². The Morgan fingerprint density at radius 2 is 1.74 bits per heavy atom. The molecule has 0 saturated carbocycles. The number of nitrogens with zero attached hydrogens (tertiary/aromatic N) is 3. The summed E-state index contributed by atoms with van der Waals surface area (Å²) in [5, 5.41) is 20.1. The Balaban J connectivity index is 1.61. The van der Waals surface area contributed by atoms with Gasteiger partial charge in [-0.25, -0.2) is 4.39 Å². The standard InChI is InChI=1S/C29H24FN3O5S/c1-3-37-23-15-20(11-14-22(23)38-16-18-7-5-4-6-8-18)25-24(26(34)19-9-12-21(30)13-10-19)27(35)28(36)33(25)29-32-31-17(2)39-29/h4-15,25,34H,3,16H2,1-2H3/b26-24+. The summed E-state index contributed by atoms with van der Waals surface area (Å²) >= 11 is 1.14. The number of ether oxygens (including phenoxy) is 2. The van der Waals surface area contributed by atoms with Crippen LogP contribution in [0.4, 0.5) is 9.52 Å². The van der Waals surface area contributed by atoms with Crippen LogP contribution in [0, 0.1) is 12.7 Å². The molecule has 198 valence electrons. The number of aromatic nitrogens is 2. The molecule has 1 amide bonds. The van der Waals surface area contributed by atoms with Gasteiger partial charge in [0.1, 0.15) is 23.2 Å². The highest BCUT2D eigenvalue weighted by Crippen LogP contribution is 2.44. The van der Waals surface area contributed by atoms with E-state index in [1.807, 2.05) is 37.3 Å². The lowest BCUT2D eigenvalue weighted by Crippen LogP contribution is -2.29. The minimum absolute atomic E-state index is 0.153. The van der Waals surface area contributed by atoms with Gasteiger partial charge in [-0.1, -0.05) is 47.7 Å². The van der Waals surface area contributed by atoms with E-state index in [2.05, 4.69) is 10.2 Å². The van der Waals surface area contributed by atoms with Crippen LogP contribution < -0.4 is 14.4 Å². The van der Waals surface area contributed by atoms with Crippen LogP contribution in [-0.4, -0.2) is 33.6 Å². The normalized spacial score (nSPS) is 16.5. The molecule has 0 spiro atoms. The average molecular weight is 546 g/mol. The molecule has 8 nitrogen and oxygen atoms in total. The molecule has 2 heterocycles. The van der Waals surface area contributed by atoms with E-state index in [4.69, 9.17) is 9.47 Å². The summed E-state index contributed by atoms with van der Waals surface area (Å²) in [4.78, 5) is 27.8. The Morgan fingerprint density at radius 3 is 2.41 bits per heavy atom. The van der Waals surface area contributed by atoms with Crippen LogP contribution in [0.25, 0.3) is 5.76 Å². The van der Waals surface area contributed by atoms with Gasteiger partial charge in [0.15, 0.2) is 11.5 Å². The Morgan fingerprint density at radius 1 is 1.00 bits per heavy atom. The molecule has 10 heteroatoms. The van der Waals surface area contributed by atoms with Gasteiger partial charge in [-0.3, -0.25) is 14.5 Å². The molecule has 5 rings (SSSR count). The fourth-order valence-corrected chi connectivity index (χ4v) is 5.02. The third kappa shape index (κ3) is 5.23. The highest BCUT2D eigenvalue weighted by Gasteiger charge is 2.48. The zero-order chi connectivity index (χ0) is 27.5. The van der Waals surface area contributed by atoms with E-state index in [0.29, 0.717) is 35.3 Å². The summed E-state index contributed by atoms with van der Waals surface area (Å²) in [7, 11) is 0. The third-order valence-electron chi connectivity index (χ3n) is 6.10. The number of hydrogen-bond acceptors (Lipinski definition) is 8. The quantitative estimate of drug-likeness (QED) is 0.175. The minimum atomic E-state index is -1.04. The second-order valence-electron chi connectivity index (χ2n) is 8.69. The van der Waals surface area contributed by atoms with Gasteiger partial charge in [-0.05, 0) is 61.4 Å². The topological polar surface area (TPSA) is 102 Å². The first-order chi connectivity index (χ1) is 18.9. The first kappa shape index (κ1) is 26.1. The number of rotatable bonds is 8. The maximum absolute atomic E-state index is 13.6. The fourth-order valence-electron chi connectivity index (χ4n) is 4.31. The van der Waals surface area contributed by atoms with Crippen molar-refractivity contribution in [3.05, 3.63) is 106 Å². The number of Topliss-reactive ketones (excluding diaryl/α,β-unsaturated/α-hetero) is 1. The molecule has 1 fully saturated rings. The highest BCUT2D eigenvalue weighted by molar-refractivity contribution is 7.15. The Kier molecular flexibility index (Phi) is 7.38. The van der Waals surface area contributed by atoms with Crippen molar-refractivity contribution in [1.29, 1.82) is 0 Å². The van der Waals surface area contributed by atoms with Crippen LogP contribution in [0.3, 0.4) is 0 Å². The molecule has 1 atom stereocenters. The second-order valence-corrected chi connectivity index (χ2v) is 9.85. The number of carbonyl (C=O) groups excluding carboxylic acids is 2. The van der Waals surface area contributed by atoms with Crippen LogP contribution in [0.15, 0.2) is 78.4 Å². The van der Waals surface area contributed by atoms with Gasteiger partial charge in [0.25, 0.3) is 5.78 Å². The molecule has 1 aromatic heterocycles. The first-order valence-electron chi connectivity index (χ1n) is 12.2. The second kappa shape index (κ2) is 11.0. The first-order valence-corrected chi connectivity index (χ1v) is 13.0. The summed E-state index contributed by atoms with van der Waals surface area (Å²) in [6, 6.07) is 18.7. The van der Waals surface area contributed by atoms with Gasteiger partial charge in [0.2, 0.25) is 5.13 Å². The predicted octanol–water partition coefficient (Wildman–Crippen LogP) is 5.59. The molecular formula is C29H24FN3O5S. The molecule has 39 heavy (non-hydrogen) atoms. The molecule has 1 unspecified atom stereocenters. The lowest BCUT2D eigenvalue weighted by Gasteiger charge is -2.23. The summed E-state index contributed by atoms with van der Waals surface area (Å²) in [6.45, 7) is 4.22. The molecule has 1 aliphatic heterocycles. The van der Waals surface area contributed by atoms with Crippen LogP contribution >= 0.6 is 11.3 Å². The average Bonchev–Trinajstić information content (AvgIpc) is 3.48. The lowest BCUT2D eigenvalue weighted by atomic mass is 9.95. The molecule has 3 aromatic carbocycles. The molecule has 1 saturated heterocycles. The van der Waals surface area contributed by atoms with Crippen molar-refractivity contribution in [3.63, 3.8) is 0 Å². The van der Waals surface area contributed by atoms with Gasteiger partial charge >= 0.3 is 5.91 Å². The molecule has 4 aromatic rings. The van der Waals surface area contributed by atoms with Crippen LogP contribution in [0.5, 0.6) is 11.5 Å². The number of carbonyl (C=O) groups is 2. The Bertz CT molecular complexity index is 1550. The number of ketones is 1. The van der Waals surface area contributed by atoms with E-state index in [9.17, 15) is 19.1 Å². The molecular weight excluding hydrogens is 521 g/mol. The zero-order valence-corrected chi connectivity index (χ0v) is 21.9. The third-order valence-corrected chi connectivity index (χ3v) is 6.94. The van der Waals surface area contributed by atoms with Crippen molar-refractivity contribution in [2.45, 2.75) is 26.5 Å². The van der Waals surface area contributed by atoms with E-state index in [1.54, 1.807) is 25.1 Å². The van der Waals surface area contributed by atoms with Crippen molar-refractivity contribution in [3.8, 4) is 11.5 Å². The largest absolute Gasteiger partial charge is 0.507 e. The van der Waals surface area contributed by atoms with Crippen molar-refractivity contribution in [1.82, 2.24) is 10.2 Å². The fraction of sp³-hybridized carbons (Fsp3) is 0.172. The summed E-state index contributed by atoms with van der Waals surface area (Å²) < 4.78 is 25.4. The monoisotopic (exact) mass is 545 g/mol. The molecule has 1 N–H and O–H groups in total. The van der Waals surface area contributed by atoms with Crippen molar-refractivity contribution in [2.24, 2.45) is 0 Å². The van der Waals surface area contributed by atoms with Crippen molar-refractivity contribution >= 4 is 33.9 Å². The summed E-state index contributed by atoms with van der Waals surface area (Å²) in [5.74, 6) is -1.79. The van der Waals surface area contributed by atoms with E-state index < -0.39 is 29.3 Å². The van der Waals surface area contributed by atoms with Gasteiger partial charge in [-0.15, -0.1) is 10.2 Å². The number of amides is 1. The van der Waals surface area contributed by atoms with Gasteiger partial charge < -0.3 is 14.6 Å². The Hall–Kier alpha value is -4.57. The molecule has 0 radical (unpaired) electrons. The summed E-state index contributed by atoms with van der Waals surface area (Å²) in [5.41, 5.74) is 1.50. The maximum Gasteiger partial charge on any atom is 0.301 e. The van der Waals surface area contributed by atoms with Crippen molar-refractivity contribution < 1.29 is 28.6 Å². The van der Waals surface area contributed by atoms with Crippen molar-refractivity contribution in [2.75, 3.05) is 11.5 Å². The number of benzene rings is 3. The SMILES string of the molecule is CCOc1cc(C2/C(=C(\O)c3ccc(F)cc3)C(=O)C(=O)N2c2nnc(C)s2)ccc1OCc1ccccc1. The number of aliphatic hydroxyl groups is 1. The predicted molar refractivity (Wildman–Crippen MR) is 144 cm³/mol. The highest BCUT2D eigenvalue weighted by atomic mass is 32.1. The van der Waals surface area contributed by atoms with Crippen LogP contribution in [0.1, 0.15) is 34.7 Å². The van der Waals surface area contributed by atoms with E-state index in [-0.39, 0.29) is 16.3 Å². The molecule has 1 aliphatic rings.